The number of carbonyl (C=O) groups excluding carboxylic acids is 3. The summed E-state index contributed by atoms with van der Waals surface area (Å²) in [5.74, 6) is -0.888. The third-order valence-corrected chi connectivity index (χ3v) is 3.42. The topological polar surface area (TPSA) is 99.1 Å². The first kappa shape index (κ1) is 22.1. The first-order chi connectivity index (χ1) is 13.0. The highest BCUT2D eigenvalue weighted by Crippen LogP contribution is 2.12. The van der Waals surface area contributed by atoms with Crippen LogP contribution < -0.4 is 4.74 Å². The van der Waals surface area contributed by atoms with Crippen LogP contribution in [0.4, 0.5) is 0 Å². The van der Waals surface area contributed by atoms with Crippen molar-refractivity contribution in [1.82, 2.24) is 0 Å². The first-order valence-electron chi connectivity index (χ1n) is 8.42. The Bertz CT molecular complexity index is 674. The van der Waals surface area contributed by atoms with E-state index in [9.17, 15) is 14.4 Å². The molecule has 0 fully saturated rings. The molecule has 0 radical (unpaired) electrons. The summed E-state index contributed by atoms with van der Waals surface area (Å²) in [4.78, 5) is 34.2. The molecule has 1 aromatic rings. The second-order valence-electron chi connectivity index (χ2n) is 5.59. The van der Waals surface area contributed by atoms with E-state index >= 15 is 0 Å². The van der Waals surface area contributed by atoms with E-state index in [1.54, 1.807) is 25.3 Å². The minimum Gasteiger partial charge on any atom is -0.497 e. The molecule has 0 aromatic heterocycles. The molecular formula is C20H24O7. The predicted molar refractivity (Wildman–Crippen MR) is 99.0 cm³/mol. The lowest BCUT2D eigenvalue weighted by Crippen LogP contribution is -2.13. The van der Waals surface area contributed by atoms with Crippen molar-refractivity contribution in [3.05, 3.63) is 48.1 Å². The highest BCUT2D eigenvalue weighted by atomic mass is 16.5. The highest BCUT2D eigenvalue weighted by Gasteiger charge is 2.12. The van der Waals surface area contributed by atoms with Crippen LogP contribution in [-0.4, -0.2) is 49.8 Å². The molecule has 1 rings (SSSR count). The fraction of sp³-hybridized carbons (Fsp3) is 0.350. The van der Waals surface area contributed by atoms with Gasteiger partial charge in [-0.1, -0.05) is 18.7 Å². The smallest absolute Gasteiger partial charge is 0.333 e. The van der Waals surface area contributed by atoms with Crippen LogP contribution in [0.5, 0.6) is 5.75 Å². The maximum atomic E-state index is 11.6. The lowest BCUT2D eigenvalue weighted by molar-refractivity contribution is -0.141. The Kier molecular flexibility index (Phi) is 10.2. The molecule has 0 aliphatic rings. The number of ketones is 1. The summed E-state index contributed by atoms with van der Waals surface area (Å²) < 4.78 is 15.0. The molecule has 27 heavy (non-hydrogen) atoms. The molecule has 0 saturated carbocycles. The number of methoxy groups -OCH3 is 1. The number of hydrogen-bond donors (Lipinski definition) is 1. The molecule has 0 saturated heterocycles. The molecule has 146 valence electrons. The van der Waals surface area contributed by atoms with Crippen LogP contribution in [0.15, 0.2) is 42.5 Å². The summed E-state index contributed by atoms with van der Waals surface area (Å²) in [6, 6.07) is 7.22. The fourth-order valence-electron chi connectivity index (χ4n) is 1.94. The SMILES string of the molecule is C=C(CC(=O)CO)C(=O)OCCCCOC(=O)/C=C/c1ccc(OC)cc1. The molecule has 0 aliphatic heterocycles. The Morgan fingerprint density at radius 2 is 1.70 bits per heavy atom. The second kappa shape index (κ2) is 12.4. The van der Waals surface area contributed by atoms with Crippen LogP contribution in [0.25, 0.3) is 6.08 Å². The first-order valence-corrected chi connectivity index (χ1v) is 8.42. The zero-order valence-corrected chi connectivity index (χ0v) is 15.3. The number of benzene rings is 1. The molecule has 7 heteroatoms. The van der Waals surface area contributed by atoms with E-state index in [-0.39, 0.29) is 25.2 Å². The third kappa shape index (κ3) is 9.37. The molecule has 0 aliphatic carbocycles. The number of rotatable bonds is 12. The molecular weight excluding hydrogens is 352 g/mol. The molecule has 1 N–H and O–H groups in total. The van der Waals surface area contributed by atoms with Crippen molar-refractivity contribution < 1.29 is 33.7 Å². The van der Waals surface area contributed by atoms with E-state index in [0.717, 1.165) is 11.3 Å². The predicted octanol–water partition coefficient (Wildman–Crippen LogP) is 2.08. The molecule has 7 nitrogen and oxygen atoms in total. The van der Waals surface area contributed by atoms with E-state index in [4.69, 9.17) is 19.3 Å². The average Bonchev–Trinajstić information content (AvgIpc) is 2.68. The minimum absolute atomic E-state index is 0.00384. The van der Waals surface area contributed by atoms with Gasteiger partial charge in [-0.25, -0.2) is 9.59 Å². The van der Waals surface area contributed by atoms with E-state index in [1.165, 1.54) is 6.08 Å². The Labute approximate surface area is 158 Å². The van der Waals surface area contributed by atoms with Crippen LogP contribution in [0.2, 0.25) is 0 Å². The Morgan fingerprint density at radius 3 is 2.30 bits per heavy atom. The number of aliphatic hydroxyl groups is 1. The van der Waals surface area contributed by atoms with Gasteiger partial charge in [0.15, 0.2) is 5.78 Å². The third-order valence-electron chi connectivity index (χ3n) is 3.42. The summed E-state index contributed by atoms with van der Waals surface area (Å²) in [6.07, 6.45) is 3.78. The van der Waals surface area contributed by atoms with E-state index in [0.29, 0.717) is 12.8 Å². The molecule has 0 heterocycles. The van der Waals surface area contributed by atoms with Gasteiger partial charge in [-0.3, -0.25) is 4.79 Å². The van der Waals surface area contributed by atoms with E-state index < -0.39 is 24.3 Å². The average molecular weight is 376 g/mol. The van der Waals surface area contributed by atoms with Crippen LogP contribution in [0, 0.1) is 0 Å². The summed E-state index contributed by atoms with van der Waals surface area (Å²) in [5, 5.41) is 8.61. The van der Waals surface area contributed by atoms with Gasteiger partial charge in [-0.2, -0.15) is 0 Å². The maximum Gasteiger partial charge on any atom is 0.333 e. The quantitative estimate of drug-likeness (QED) is 0.339. The molecule has 1 aromatic carbocycles. The summed E-state index contributed by atoms with van der Waals surface area (Å²) in [7, 11) is 1.58. The van der Waals surface area contributed by atoms with Crippen molar-refractivity contribution in [3.63, 3.8) is 0 Å². The zero-order valence-electron chi connectivity index (χ0n) is 15.3. The second-order valence-corrected chi connectivity index (χ2v) is 5.59. The lowest BCUT2D eigenvalue weighted by Gasteiger charge is -2.06. The summed E-state index contributed by atoms with van der Waals surface area (Å²) >= 11 is 0. The van der Waals surface area contributed by atoms with Gasteiger partial charge in [0, 0.05) is 18.1 Å². The van der Waals surface area contributed by atoms with E-state index in [1.807, 2.05) is 12.1 Å². The van der Waals surface area contributed by atoms with Crippen molar-refractivity contribution in [3.8, 4) is 5.75 Å². The summed E-state index contributed by atoms with van der Waals surface area (Å²) in [5.41, 5.74) is 0.851. The zero-order chi connectivity index (χ0) is 20.1. The standard InChI is InChI=1S/C20H24O7/c1-15(13-17(22)14-21)20(24)27-12-4-3-11-26-19(23)10-7-16-5-8-18(25-2)9-6-16/h5-10,21H,1,3-4,11-14H2,2H3/b10-7+. The minimum atomic E-state index is -0.670. The summed E-state index contributed by atoms with van der Waals surface area (Å²) in [6.45, 7) is 3.14. The Morgan fingerprint density at radius 1 is 1.07 bits per heavy atom. The van der Waals surface area contributed by atoms with Crippen LogP contribution >= 0.6 is 0 Å². The number of hydrogen-bond acceptors (Lipinski definition) is 7. The molecule has 0 amide bonds. The van der Waals surface area contributed by atoms with Gasteiger partial charge in [-0.05, 0) is 36.6 Å². The van der Waals surface area contributed by atoms with Crippen molar-refractivity contribution >= 4 is 23.8 Å². The number of Topliss-reactive ketones (excluding diaryl/α,β-unsaturated/α-hetero) is 1. The number of esters is 2. The van der Waals surface area contributed by atoms with Gasteiger partial charge in [-0.15, -0.1) is 0 Å². The molecule has 0 bridgehead atoms. The van der Waals surface area contributed by atoms with Gasteiger partial charge < -0.3 is 19.3 Å². The number of ether oxygens (including phenoxy) is 3. The number of aliphatic hydroxyl groups excluding tert-OH is 1. The van der Waals surface area contributed by atoms with Crippen molar-refractivity contribution in [2.75, 3.05) is 26.9 Å². The fourth-order valence-corrected chi connectivity index (χ4v) is 1.94. The van der Waals surface area contributed by atoms with Crippen LogP contribution in [-0.2, 0) is 23.9 Å². The number of unbranched alkanes of at least 4 members (excludes halogenated alkanes) is 1. The van der Waals surface area contributed by atoms with Gasteiger partial charge in [0.2, 0.25) is 0 Å². The number of carbonyl (C=O) groups is 3. The highest BCUT2D eigenvalue weighted by molar-refractivity contribution is 5.95. The van der Waals surface area contributed by atoms with Crippen LogP contribution in [0.1, 0.15) is 24.8 Å². The van der Waals surface area contributed by atoms with Gasteiger partial charge >= 0.3 is 11.9 Å². The molecule has 0 spiro atoms. The van der Waals surface area contributed by atoms with Crippen molar-refractivity contribution in [1.29, 1.82) is 0 Å². The van der Waals surface area contributed by atoms with E-state index in [2.05, 4.69) is 6.58 Å². The Hall–Kier alpha value is -2.93. The monoisotopic (exact) mass is 376 g/mol. The van der Waals surface area contributed by atoms with Gasteiger partial charge in [0.1, 0.15) is 12.4 Å². The maximum absolute atomic E-state index is 11.6. The van der Waals surface area contributed by atoms with Crippen LogP contribution in [0.3, 0.4) is 0 Å². The molecule has 0 unspecified atom stereocenters. The largest absolute Gasteiger partial charge is 0.497 e. The van der Waals surface area contributed by atoms with Crippen molar-refractivity contribution in [2.45, 2.75) is 19.3 Å². The Balaban J connectivity index is 2.15. The lowest BCUT2D eigenvalue weighted by atomic mass is 10.1. The normalized spacial score (nSPS) is 10.4. The molecule has 0 atom stereocenters. The van der Waals surface area contributed by atoms with Crippen molar-refractivity contribution in [2.24, 2.45) is 0 Å². The van der Waals surface area contributed by atoms with Gasteiger partial charge in [0.05, 0.1) is 20.3 Å². The van der Waals surface area contributed by atoms with Gasteiger partial charge in [0.25, 0.3) is 0 Å².